The molecule has 0 spiro atoms. The quantitative estimate of drug-likeness (QED) is 0.895. The van der Waals surface area contributed by atoms with Crippen LogP contribution < -0.4 is 10.6 Å². The minimum absolute atomic E-state index is 0. The molecule has 21 heavy (non-hydrogen) atoms. The summed E-state index contributed by atoms with van der Waals surface area (Å²) in [6.07, 6.45) is 3.80. The monoisotopic (exact) mass is 327 g/mol. The van der Waals surface area contributed by atoms with Gasteiger partial charge in [0.1, 0.15) is 0 Å². The molecule has 0 radical (unpaired) electrons. The van der Waals surface area contributed by atoms with E-state index in [-0.39, 0.29) is 18.3 Å². The molecule has 2 aromatic rings. The Labute approximate surface area is 133 Å². The van der Waals surface area contributed by atoms with Crippen molar-refractivity contribution in [2.75, 3.05) is 13.1 Å². The molecule has 0 aromatic carbocycles. The molecular weight excluding hydrogens is 310 g/mol. The van der Waals surface area contributed by atoms with Gasteiger partial charge in [-0.1, -0.05) is 5.21 Å². The normalized spacial score (nSPS) is 15.4. The second-order valence-corrected chi connectivity index (χ2v) is 5.66. The van der Waals surface area contributed by atoms with Crippen molar-refractivity contribution in [3.8, 4) is 0 Å². The minimum Gasteiger partial charge on any atom is -0.346 e. The minimum atomic E-state index is -0.170. The van der Waals surface area contributed by atoms with E-state index in [1.54, 1.807) is 17.5 Å². The van der Waals surface area contributed by atoms with Gasteiger partial charge >= 0.3 is 0 Å². The van der Waals surface area contributed by atoms with Gasteiger partial charge in [-0.15, -0.1) is 17.5 Å². The van der Waals surface area contributed by atoms with E-state index in [4.69, 9.17) is 0 Å². The molecule has 114 valence electrons. The zero-order chi connectivity index (χ0) is 13.8. The van der Waals surface area contributed by atoms with E-state index in [9.17, 15) is 4.79 Å². The molecule has 1 aliphatic rings. The second-order valence-electron chi connectivity index (χ2n) is 4.88. The lowest BCUT2D eigenvalue weighted by Crippen LogP contribution is -2.29. The fourth-order valence-corrected chi connectivity index (χ4v) is 2.97. The SMILES string of the molecule is Cl.O=C(NCc1ccsc1)c1cn(C2CCNCC2)nn1. The van der Waals surface area contributed by atoms with E-state index in [0.29, 0.717) is 18.3 Å². The fourth-order valence-electron chi connectivity index (χ4n) is 2.30. The number of hydrogen-bond acceptors (Lipinski definition) is 5. The van der Waals surface area contributed by atoms with Crippen molar-refractivity contribution in [1.29, 1.82) is 0 Å². The first-order valence-corrected chi connectivity index (χ1v) is 7.69. The summed E-state index contributed by atoms with van der Waals surface area (Å²) >= 11 is 1.62. The highest BCUT2D eigenvalue weighted by atomic mass is 35.5. The predicted octanol–water partition coefficient (Wildman–Crippen LogP) is 1.62. The molecule has 0 bridgehead atoms. The molecular formula is C13H18ClN5OS. The number of carbonyl (C=O) groups excluding carboxylic acids is 1. The Morgan fingerprint density at radius 1 is 1.48 bits per heavy atom. The van der Waals surface area contributed by atoms with E-state index >= 15 is 0 Å². The summed E-state index contributed by atoms with van der Waals surface area (Å²) in [4.78, 5) is 12.0. The molecule has 1 saturated heterocycles. The maximum Gasteiger partial charge on any atom is 0.273 e. The summed E-state index contributed by atoms with van der Waals surface area (Å²) in [6, 6.07) is 2.35. The summed E-state index contributed by atoms with van der Waals surface area (Å²) in [5.41, 5.74) is 1.49. The van der Waals surface area contributed by atoms with Crippen LogP contribution in [-0.4, -0.2) is 34.0 Å². The van der Waals surface area contributed by atoms with Gasteiger partial charge in [-0.3, -0.25) is 4.79 Å². The van der Waals surface area contributed by atoms with Crippen LogP contribution in [0.5, 0.6) is 0 Å². The zero-order valence-electron chi connectivity index (χ0n) is 11.5. The van der Waals surface area contributed by atoms with Crippen molar-refractivity contribution in [3.63, 3.8) is 0 Å². The van der Waals surface area contributed by atoms with E-state index in [1.165, 1.54) is 0 Å². The Kier molecular flexibility index (Phi) is 5.72. The molecule has 0 unspecified atom stereocenters. The average molecular weight is 328 g/mol. The van der Waals surface area contributed by atoms with Gasteiger partial charge < -0.3 is 10.6 Å². The van der Waals surface area contributed by atoms with Gasteiger partial charge in [-0.2, -0.15) is 11.3 Å². The molecule has 6 nitrogen and oxygen atoms in total. The zero-order valence-corrected chi connectivity index (χ0v) is 13.1. The molecule has 3 heterocycles. The summed E-state index contributed by atoms with van der Waals surface area (Å²) in [7, 11) is 0. The van der Waals surface area contributed by atoms with Gasteiger partial charge in [0, 0.05) is 6.54 Å². The molecule has 1 aliphatic heterocycles. The standard InChI is InChI=1S/C13H17N5OS.ClH/c19-13(15-7-10-3-6-20-9-10)12-8-18(17-16-12)11-1-4-14-5-2-11;/h3,6,8-9,11,14H,1-2,4-5,7H2,(H,15,19);1H. The molecule has 1 fully saturated rings. The Balaban J connectivity index is 0.00000161. The van der Waals surface area contributed by atoms with Crippen molar-refractivity contribution >= 4 is 29.7 Å². The molecule has 8 heteroatoms. The predicted molar refractivity (Wildman–Crippen MR) is 83.9 cm³/mol. The second kappa shape index (κ2) is 7.53. The number of thiophene rings is 1. The smallest absolute Gasteiger partial charge is 0.273 e. The Hall–Kier alpha value is -1.44. The van der Waals surface area contributed by atoms with Gasteiger partial charge in [-0.25, -0.2) is 4.68 Å². The highest BCUT2D eigenvalue weighted by Gasteiger charge is 2.18. The number of aromatic nitrogens is 3. The third-order valence-electron chi connectivity index (χ3n) is 3.46. The Morgan fingerprint density at radius 2 is 2.29 bits per heavy atom. The van der Waals surface area contributed by atoms with Crippen LogP contribution in [0.15, 0.2) is 23.0 Å². The largest absolute Gasteiger partial charge is 0.346 e. The van der Waals surface area contributed by atoms with E-state index in [2.05, 4.69) is 20.9 Å². The molecule has 0 atom stereocenters. The number of rotatable bonds is 4. The average Bonchev–Trinajstić information content (AvgIpc) is 3.17. The molecule has 0 saturated carbocycles. The van der Waals surface area contributed by atoms with Crippen LogP contribution in [0, 0.1) is 0 Å². The highest BCUT2D eigenvalue weighted by Crippen LogP contribution is 2.17. The van der Waals surface area contributed by atoms with Gasteiger partial charge in [0.25, 0.3) is 5.91 Å². The van der Waals surface area contributed by atoms with Crippen molar-refractivity contribution in [3.05, 3.63) is 34.3 Å². The van der Waals surface area contributed by atoms with Crippen LogP contribution in [0.1, 0.15) is 34.9 Å². The van der Waals surface area contributed by atoms with Crippen molar-refractivity contribution < 1.29 is 4.79 Å². The number of amides is 1. The van der Waals surface area contributed by atoms with Crippen LogP contribution in [-0.2, 0) is 6.54 Å². The van der Waals surface area contributed by atoms with Gasteiger partial charge in [0.15, 0.2) is 5.69 Å². The topological polar surface area (TPSA) is 71.8 Å². The summed E-state index contributed by atoms with van der Waals surface area (Å²) in [5.74, 6) is -0.170. The van der Waals surface area contributed by atoms with E-state index < -0.39 is 0 Å². The number of hydrogen-bond donors (Lipinski definition) is 2. The Morgan fingerprint density at radius 3 is 3.00 bits per heavy atom. The lowest BCUT2D eigenvalue weighted by atomic mass is 10.1. The lowest BCUT2D eigenvalue weighted by Gasteiger charge is -2.22. The van der Waals surface area contributed by atoms with Crippen LogP contribution in [0.25, 0.3) is 0 Å². The number of halogens is 1. The molecule has 1 amide bonds. The fraction of sp³-hybridized carbons (Fsp3) is 0.462. The number of piperidine rings is 1. The van der Waals surface area contributed by atoms with Crippen molar-refractivity contribution in [2.45, 2.75) is 25.4 Å². The van der Waals surface area contributed by atoms with E-state index in [1.807, 2.05) is 21.5 Å². The number of nitrogens with one attached hydrogen (secondary N) is 2. The maximum atomic E-state index is 12.0. The van der Waals surface area contributed by atoms with Gasteiger partial charge in [0.05, 0.1) is 12.2 Å². The summed E-state index contributed by atoms with van der Waals surface area (Å²) in [5, 5.41) is 18.2. The first kappa shape index (κ1) is 15.9. The highest BCUT2D eigenvalue weighted by molar-refractivity contribution is 7.07. The van der Waals surface area contributed by atoms with Crippen LogP contribution >= 0.6 is 23.7 Å². The number of nitrogens with zero attached hydrogens (tertiary/aromatic N) is 3. The third-order valence-corrected chi connectivity index (χ3v) is 4.19. The summed E-state index contributed by atoms with van der Waals surface area (Å²) in [6.45, 7) is 2.51. The first-order chi connectivity index (χ1) is 9.83. The third kappa shape index (κ3) is 4.03. The van der Waals surface area contributed by atoms with Crippen LogP contribution in [0.2, 0.25) is 0 Å². The van der Waals surface area contributed by atoms with Gasteiger partial charge in [-0.05, 0) is 48.3 Å². The van der Waals surface area contributed by atoms with E-state index in [0.717, 1.165) is 31.5 Å². The van der Waals surface area contributed by atoms with Crippen molar-refractivity contribution in [2.24, 2.45) is 0 Å². The van der Waals surface area contributed by atoms with Gasteiger partial charge in [0.2, 0.25) is 0 Å². The summed E-state index contributed by atoms with van der Waals surface area (Å²) < 4.78 is 1.82. The van der Waals surface area contributed by atoms with Crippen molar-refractivity contribution in [1.82, 2.24) is 25.6 Å². The lowest BCUT2D eigenvalue weighted by molar-refractivity contribution is 0.0946. The molecule has 3 rings (SSSR count). The molecule has 2 N–H and O–H groups in total. The van der Waals surface area contributed by atoms with Crippen LogP contribution in [0.3, 0.4) is 0 Å². The Bertz CT molecular complexity index is 565. The maximum absolute atomic E-state index is 12.0. The first-order valence-electron chi connectivity index (χ1n) is 6.75. The number of carbonyl (C=O) groups is 1. The van der Waals surface area contributed by atoms with Crippen LogP contribution in [0.4, 0.5) is 0 Å². The molecule has 0 aliphatic carbocycles. The molecule has 2 aromatic heterocycles.